The Bertz CT molecular complexity index is 914. The third-order valence-corrected chi connectivity index (χ3v) is 6.70. The van der Waals surface area contributed by atoms with Crippen LogP contribution in [0, 0.1) is 23.2 Å². The minimum absolute atomic E-state index is 0.280. The lowest BCUT2D eigenvalue weighted by Gasteiger charge is -2.26. The fourth-order valence-corrected chi connectivity index (χ4v) is 5.43. The molecule has 2 aliphatic carbocycles. The molecule has 26 heavy (non-hydrogen) atoms. The van der Waals surface area contributed by atoms with Gasteiger partial charge in [0, 0.05) is 17.5 Å². The fourth-order valence-electron chi connectivity index (χ4n) is 4.53. The SMILES string of the molecule is N=C1C(c2nc(-c3ccccc3)cs2)=C(O)CN1CC1CC2C=CC1C2. The lowest BCUT2D eigenvalue weighted by Crippen LogP contribution is -2.33. The van der Waals surface area contributed by atoms with E-state index in [1.165, 1.54) is 24.2 Å². The van der Waals surface area contributed by atoms with Crippen LogP contribution >= 0.6 is 11.3 Å². The van der Waals surface area contributed by atoms with E-state index >= 15 is 0 Å². The van der Waals surface area contributed by atoms with E-state index in [2.05, 4.69) is 17.1 Å². The van der Waals surface area contributed by atoms with Gasteiger partial charge in [-0.25, -0.2) is 4.98 Å². The van der Waals surface area contributed by atoms with Crippen molar-refractivity contribution in [2.45, 2.75) is 12.8 Å². The second-order valence-corrected chi connectivity index (χ2v) is 8.35. The summed E-state index contributed by atoms with van der Waals surface area (Å²) in [5, 5.41) is 21.9. The smallest absolute Gasteiger partial charge is 0.135 e. The molecule has 1 aliphatic heterocycles. The van der Waals surface area contributed by atoms with Crippen molar-refractivity contribution in [2.75, 3.05) is 13.1 Å². The molecule has 2 heterocycles. The number of benzene rings is 1. The first-order chi connectivity index (χ1) is 12.7. The first-order valence-corrected chi connectivity index (χ1v) is 10.0. The largest absolute Gasteiger partial charge is 0.510 e. The zero-order valence-corrected chi connectivity index (χ0v) is 15.2. The molecule has 0 amide bonds. The number of fused-ring (bicyclic) bond motifs is 2. The Morgan fingerprint density at radius 1 is 1.19 bits per heavy atom. The molecule has 3 aliphatic rings. The van der Waals surface area contributed by atoms with E-state index in [1.807, 2.05) is 40.6 Å². The summed E-state index contributed by atoms with van der Waals surface area (Å²) in [6.07, 6.45) is 7.18. The van der Waals surface area contributed by atoms with Crippen molar-refractivity contribution in [3.05, 3.63) is 58.6 Å². The van der Waals surface area contributed by atoms with Crippen molar-refractivity contribution in [3.63, 3.8) is 0 Å². The Labute approximate surface area is 157 Å². The van der Waals surface area contributed by atoms with Crippen LogP contribution in [0.3, 0.4) is 0 Å². The van der Waals surface area contributed by atoms with Crippen LogP contribution in [-0.2, 0) is 0 Å². The third kappa shape index (κ3) is 2.58. The summed E-state index contributed by atoms with van der Waals surface area (Å²) >= 11 is 1.50. The number of aromatic nitrogens is 1. The second-order valence-electron chi connectivity index (χ2n) is 7.50. The van der Waals surface area contributed by atoms with Gasteiger partial charge in [-0.05, 0) is 30.6 Å². The molecule has 132 valence electrons. The van der Waals surface area contributed by atoms with Crippen LogP contribution in [0.5, 0.6) is 0 Å². The van der Waals surface area contributed by atoms with Crippen LogP contribution in [0.4, 0.5) is 0 Å². The minimum atomic E-state index is 0.280. The van der Waals surface area contributed by atoms with Crippen LogP contribution in [0.15, 0.2) is 53.6 Å². The molecule has 5 rings (SSSR count). The molecule has 0 saturated heterocycles. The minimum Gasteiger partial charge on any atom is -0.510 e. The molecule has 3 unspecified atom stereocenters. The quantitative estimate of drug-likeness (QED) is 0.782. The molecule has 4 nitrogen and oxygen atoms in total. The first-order valence-electron chi connectivity index (χ1n) is 9.14. The highest BCUT2D eigenvalue weighted by atomic mass is 32.1. The number of allylic oxidation sites excluding steroid dienone is 2. The molecule has 1 aromatic heterocycles. The fraction of sp³-hybridized carbons (Fsp3) is 0.333. The van der Waals surface area contributed by atoms with Gasteiger partial charge in [0.05, 0.1) is 17.8 Å². The summed E-state index contributed by atoms with van der Waals surface area (Å²) in [7, 11) is 0. The summed E-state index contributed by atoms with van der Waals surface area (Å²) < 4.78 is 0. The van der Waals surface area contributed by atoms with Crippen LogP contribution < -0.4 is 0 Å². The van der Waals surface area contributed by atoms with Crippen molar-refractivity contribution in [1.82, 2.24) is 9.88 Å². The molecule has 5 heteroatoms. The molecular weight excluding hydrogens is 342 g/mol. The van der Waals surface area contributed by atoms with Gasteiger partial charge >= 0.3 is 0 Å². The average Bonchev–Trinajstić information content (AvgIpc) is 3.42. The summed E-state index contributed by atoms with van der Waals surface area (Å²) in [5.74, 6) is 2.69. The Hall–Kier alpha value is -2.40. The van der Waals surface area contributed by atoms with Crippen LogP contribution in [-0.4, -0.2) is 33.9 Å². The molecule has 1 aromatic carbocycles. The van der Waals surface area contributed by atoms with Gasteiger partial charge in [0.25, 0.3) is 0 Å². The number of rotatable bonds is 4. The van der Waals surface area contributed by atoms with Gasteiger partial charge in [0.15, 0.2) is 0 Å². The molecule has 2 N–H and O–H groups in total. The molecule has 0 spiro atoms. The Kier molecular flexibility index (Phi) is 3.71. The Morgan fingerprint density at radius 3 is 2.77 bits per heavy atom. The number of hydrogen-bond donors (Lipinski definition) is 2. The summed E-state index contributed by atoms with van der Waals surface area (Å²) in [6, 6.07) is 10.0. The summed E-state index contributed by atoms with van der Waals surface area (Å²) in [4.78, 5) is 6.71. The summed E-state index contributed by atoms with van der Waals surface area (Å²) in [6.45, 7) is 1.29. The van der Waals surface area contributed by atoms with Gasteiger partial charge in [0.1, 0.15) is 16.6 Å². The molecule has 2 bridgehead atoms. The number of aliphatic hydroxyl groups is 1. The molecule has 2 aromatic rings. The number of nitrogens with zero attached hydrogens (tertiary/aromatic N) is 2. The van der Waals surface area contributed by atoms with Gasteiger partial charge in [0.2, 0.25) is 0 Å². The van der Waals surface area contributed by atoms with E-state index in [0.29, 0.717) is 29.8 Å². The third-order valence-electron chi connectivity index (χ3n) is 5.84. The van der Waals surface area contributed by atoms with Crippen molar-refractivity contribution in [3.8, 4) is 11.3 Å². The number of aliphatic hydroxyl groups excluding tert-OH is 1. The van der Waals surface area contributed by atoms with Crippen LogP contribution in [0.1, 0.15) is 17.8 Å². The van der Waals surface area contributed by atoms with Crippen LogP contribution in [0.2, 0.25) is 0 Å². The van der Waals surface area contributed by atoms with Crippen molar-refractivity contribution < 1.29 is 5.11 Å². The van der Waals surface area contributed by atoms with E-state index in [4.69, 9.17) is 5.41 Å². The van der Waals surface area contributed by atoms with Crippen molar-refractivity contribution in [1.29, 1.82) is 5.41 Å². The van der Waals surface area contributed by atoms with E-state index in [0.717, 1.165) is 28.7 Å². The van der Waals surface area contributed by atoms with Gasteiger partial charge in [-0.1, -0.05) is 42.5 Å². The normalized spacial score (nSPS) is 27.2. The van der Waals surface area contributed by atoms with Crippen LogP contribution in [0.25, 0.3) is 16.8 Å². The molecule has 3 atom stereocenters. The zero-order chi connectivity index (χ0) is 17.7. The number of thiazole rings is 1. The van der Waals surface area contributed by atoms with Crippen molar-refractivity contribution >= 4 is 22.7 Å². The second kappa shape index (κ2) is 6.09. The molecular formula is C21H21N3OS. The summed E-state index contributed by atoms with van der Waals surface area (Å²) in [5.41, 5.74) is 2.57. The van der Waals surface area contributed by atoms with E-state index < -0.39 is 0 Å². The van der Waals surface area contributed by atoms with E-state index in [1.54, 1.807) is 0 Å². The van der Waals surface area contributed by atoms with Gasteiger partial charge in [-0.15, -0.1) is 11.3 Å². The van der Waals surface area contributed by atoms with Gasteiger partial charge < -0.3 is 10.0 Å². The maximum Gasteiger partial charge on any atom is 0.135 e. The van der Waals surface area contributed by atoms with Crippen molar-refractivity contribution in [2.24, 2.45) is 17.8 Å². The Morgan fingerprint density at radius 2 is 2.04 bits per heavy atom. The molecule has 0 radical (unpaired) electrons. The lowest BCUT2D eigenvalue weighted by molar-refractivity contribution is 0.294. The monoisotopic (exact) mass is 363 g/mol. The average molecular weight is 363 g/mol. The number of hydrogen-bond acceptors (Lipinski definition) is 4. The topological polar surface area (TPSA) is 60.2 Å². The number of nitrogens with one attached hydrogen (secondary N) is 1. The van der Waals surface area contributed by atoms with Gasteiger partial charge in [-0.3, -0.25) is 5.41 Å². The lowest BCUT2D eigenvalue weighted by atomic mass is 9.93. The standard InChI is InChI=1S/C21H21N3OS/c22-20-19(21-23-17(12-26-21)14-4-2-1-3-5-14)18(25)11-24(20)10-16-9-13-6-7-15(16)8-13/h1-7,12-13,15-16,22,25H,8-11H2. The highest BCUT2D eigenvalue weighted by Gasteiger charge is 2.39. The van der Waals surface area contributed by atoms with E-state index in [-0.39, 0.29) is 5.76 Å². The Balaban J connectivity index is 1.35. The zero-order valence-electron chi connectivity index (χ0n) is 14.4. The van der Waals surface area contributed by atoms with Gasteiger partial charge in [-0.2, -0.15) is 0 Å². The maximum atomic E-state index is 10.5. The number of amidine groups is 1. The first kappa shape index (κ1) is 15.8. The molecule has 1 saturated carbocycles. The highest BCUT2D eigenvalue weighted by Crippen LogP contribution is 2.44. The highest BCUT2D eigenvalue weighted by molar-refractivity contribution is 7.11. The predicted octanol–water partition coefficient (Wildman–Crippen LogP) is 4.58. The van der Waals surface area contributed by atoms with E-state index in [9.17, 15) is 5.11 Å². The predicted molar refractivity (Wildman–Crippen MR) is 105 cm³/mol. The molecule has 1 fully saturated rings. The maximum absolute atomic E-state index is 10.5.